The highest BCUT2D eigenvalue weighted by molar-refractivity contribution is 5.87. The Bertz CT molecular complexity index is 594. The van der Waals surface area contributed by atoms with Crippen LogP contribution >= 0.6 is 0 Å². The van der Waals surface area contributed by atoms with Crippen molar-refractivity contribution < 1.29 is 9.59 Å². The number of fused-ring (bicyclic) bond motifs is 1. The molecule has 0 aliphatic carbocycles. The Morgan fingerprint density at radius 1 is 1.29 bits per heavy atom. The van der Waals surface area contributed by atoms with Crippen LogP contribution in [0.4, 0.5) is 0 Å². The molecule has 2 amide bonds. The molecule has 3 rings (SSSR count). The maximum Gasteiger partial charge on any atom is 0.246 e. The van der Waals surface area contributed by atoms with Crippen LogP contribution < -0.4 is 0 Å². The Morgan fingerprint density at radius 3 is 2.81 bits per heavy atom. The van der Waals surface area contributed by atoms with Crippen molar-refractivity contribution >= 4 is 11.8 Å². The van der Waals surface area contributed by atoms with Gasteiger partial charge in [-0.25, -0.2) is 0 Å². The third-order valence-corrected chi connectivity index (χ3v) is 4.24. The molecule has 2 aliphatic heterocycles. The molecular formula is C14H19N5O2. The van der Waals surface area contributed by atoms with E-state index in [1.165, 1.54) is 6.08 Å². The lowest BCUT2D eigenvalue weighted by atomic mass is 10.2. The molecule has 1 atom stereocenters. The second-order valence-electron chi connectivity index (χ2n) is 5.46. The molecular weight excluding hydrogens is 270 g/mol. The molecule has 0 spiro atoms. The van der Waals surface area contributed by atoms with Gasteiger partial charge >= 0.3 is 0 Å². The van der Waals surface area contributed by atoms with Gasteiger partial charge < -0.3 is 14.4 Å². The van der Waals surface area contributed by atoms with E-state index in [-0.39, 0.29) is 17.9 Å². The normalized spacial score (nSPS) is 21.3. The molecule has 112 valence electrons. The van der Waals surface area contributed by atoms with Gasteiger partial charge in [0.05, 0.1) is 12.6 Å². The summed E-state index contributed by atoms with van der Waals surface area (Å²) in [5.41, 5.74) is 0. The van der Waals surface area contributed by atoms with Gasteiger partial charge in [-0.3, -0.25) is 9.59 Å². The zero-order valence-corrected chi connectivity index (χ0v) is 12.2. The second kappa shape index (κ2) is 5.31. The van der Waals surface area contributed by atoms with Gasteiger partial charge in [-0.1, -0.05) is 6.58 Å². The minimum Gasteiger partial charge on any atom is -0.334 e. The maximum absolute atomic E-state index is 11.9. The van der Waals surface area contributed by atoms with Crippen molar-refractivity contribution in [1.29, 1.82) is 0 Å². The quantitative estimate of drug-likeness (QED) is 0.743. The van der Waals surface area contributed by atoms with E-state index in [1.807, 2.05) is 4.90 Å². The van der Waals surface area contributed by atoms with Crippen LogP contribution in [-0.4, -0.2) is 49.5 Å². The lowest BCUT2D eigenvalue weighted by Crippen LogP contribution is -2.38. The molecule has 0 radical (unpaired) electrons. The van der Waals surface area contributed by atoms with Crippen molar-refractivity contribution in [1.82, 2.24) is 24.6 Å². The fraction of sp³-hybridized carbons (Fsp3) is 0.571. The predicted octanol–water partition coefficient (Wildman–Crippen LogP) is 0.490. The summed E-state index contributed by atoms with van der Waals surface area (Å²) in [7, 11) is 0. The summed E-state index contributed by atoms with van der Waals surface area (Å²) >= 11 is 0. The molecule has 3 heterocycles. The molecule has 7 nitrogen and oxygen atoms in total. The summed E-state index contributed by atoms with van der Waals surface area (Å²) in [4.78, 5) is 26.9. The molecule has 0 aromatic carbocycles. The van der Waals surface area contributed by atoms with Crippen LogP contribution in [0.1, 0.15) is 37.5 Å². The van der Waals surface area contributed by atoms with Crippen LogP contribution in [0.3, 0.4) is 0 Å². The first-order valence-corrected chi connectivity index (χ1v) is 7.22. The van der Waals surface area contributed by atoms with Gasteiger partial charge in [0.25, 0.3) is 0 Å². The van der Waals surface area contributed by atoms with Crippen molar-refractivity contribution in [3.8, 4) is 0 Å². The van der Waals surface area contributed by atoms with Gasteiger partial charge in [0.15, 0.2) is 11.6 Å². The first-order chi connectivity index (χ1) is 10.1. The lowest BCUT2D eigenvalue weighted by molar-refractivity contribution is -0.130. The summed E-state index contributed by atoms with van der Waals surface area (Å²) in [5, 5.41) is 8.50. The average Bonchev–Trinajstić information content (AvgIpc) is 3.11. The van der Waals surface area contributed by atoms with Crippen LogP contribution in [0.2, 0.25) is 0 Å². The van der Waals surface area contributed by atoms with Gasteiger partial charge in [0.1, 0.15) is 0 Å². The summed E-state index contributed by atoms with van der Waals surface area (Å²) in [5.74, 6) is 1.62. The van der Waals surface area contributed by atoms with E-state index < -0.39 is 0 Å². The van der Waals surface area contributed by atoms with Crippen molar-refractivity contribution in [3.63, 3.8) is 0 Å². The SMILES string of the molecule is C=CC(=O)N1CCCC1c1nnc2n1CCN(C(C)=O)C2. The van der Waals surface area contributed by atoms with Gasteiger partial charge in [-0.2, -0.15) is 0 Å². The van der Waals surface area contributed by atoms with E-state index in [4.69, 9.17) is 0 Å². The molecule has 0 saturated carbocycles. The molecule has 7 heteroatoms. The fourth-order valence-corrected chi connectivity index (χ4v) is 3.11. The van der Waals surface area contributed by atoms with Crippen LogP contribution in [0.5, 0.6) is 0 Å². The van der Waals surface area contributed by atoms with E-state index in [0.29, 0.717) is 19.6 Å². The van der Waals surface area contributed by atoms with Gasteiger partial charge in [-0.05, 0) is 18.9 Å². The second-order valence-corrected chi connectivity index (χ2v) is 5.46. The molecule has 0 N–H and O–H groups in total. The van der Waals surface area contributed by atoms with Crippen LogP contribution in [0, 0.1) is 0 Å². The van der Waals surface area contributed by atoms with Gasteiger partial charge in [0, 0.05) is 26.6 Å². The highest BCUT2D eigenvalue weighted by Crippen LogP contribution is 2.32. The number of rotatable bonds is 2. The first kappa shape index (κ1) is 13.8. The van der Waals surface area contributed by atoms with Crippen molar-refractivity contribution in [2.24, 2.45) is 0 Å². The Labute approximate surface area is 123 Å². The molecule has 2 aliphatic rings. The number of aromatic nitrogens is 3. The monoisotopic (exact) mass is 289 g/mol. The molecule has 0 bridgehead atoms. The van der Waals surface area contributed by atoms with Gasteiger partial charge in [0.2, 0.25) is 11.8 Å². The molecule has 1 aromatic rings. The summed E-state index contributed by atoms with van der Waals surface area (Å²) < 4.78 is 2.05. The zero-order valence-electron chi connectivity index (χ0n) is 12.2. The summed E-state index contributed by atoms with van der Waals surface area (Å²) in [6.45, 7) is 7.69. The topological polar surface area (TPSA) is 71.3 Å². The fourth-order valence-electron chi connectivity index (χ4n) is 3.11. The molecule has 21 heavy (non-hydrogen) atoms. The van der Waals surface area contributed by atoms with E-state index in [0.717, 1.165) is 31.0 Å². The third kappa shape index (κ3) is 2.32. The van der Waals surface area contributed by atoms with Crippen molar-refractivity contribution in [2.45, 2.75) is 38.9 Å². The van der Waals surface area contributed by atoms with E-state index >= 15 is 0 Å². The predicted molar refractivity (Wildman–Crippen MR) is 75.0 cm³/mol. The maximum atomic E-state index is 11.9. The van der Waals surface area contributed by atoms with E-state index in [2.05, 4.69) is 21.3 Å². The number of carbonyl (C=O) groups is 2. The van der Waals surface area contributed by atoms with Crippen molar-refractivity contribution in [2.75, 3.05) is 13.1 Å². The zero-order chi connectivity index (χ0) is 15.0. The standard InChI is InChI=1S/C14H19N5O2/c1-3-13(21)18-6-4-5-11(18)14-16-15-12-9-17(10(2)20)7-8-19(12)14/h3,11H,1,4-9H2,2H3. The number of likely N-dealkylation sites (tertiary alicyclic amines) is 1. The Hall–Kier alpha value is -2.18. The summed E-state index contributed by atoms with van der Waals surface area (Å²) in [6, 6.07) is -0.0272. The Balaban J connectivity index is 1.86. The lowest BCUT2D eigenvalue weighted by Gasteiger charge is -2.29. The highest BCUT2D eigenvalue weighted by Gasteiger charge is 2.34. The molecule has 1 unspecified atom stereocenters. The average molecular weight is 289 g/mol. The van der Waals surface area contributed by atoms with Crippen LogP contribution in [-0.2, 0) is 22.7 Å². The minimum absolute atomic E-state index is 0.0272. The van der Waals surface area contributed by atoms with E-state index in [9.17, 15) is 9.59 Å². The smallest absolute Gasteiger partial charge is 0.246 e. The Kier molecular flexibility index (Phi) is 3.48. The largest absolute Gasteiger partial charge is 0.334 e. The highest BCUT2D eigenvalue weighted by atomic mass is 16.2. The van der Waals surface area contributed by atoms with Crippen LogP contribution in [0.15, 0.2) is 12.7 Å². The van der Waals surface area contributed by atoms with Crippen molar-refractivity contribution in [3.05, 3.63) is 24.3 Å². The number of carbonyl (C=O) groups excluding carboxylic acids is 2. The Morgan fingerprint density at radius 2 is 2.10 bits per heavy atom. The number of hydrogen-bond acceptors (Lipinski definition) is 4. The molecule has 1 saturated heterocycles. The number of hydrogen-bond donors (Lipinski definition) is 0. The molecule has 1 aromatic heterocycles. The number of nitrogens with zero attached hydrogens (tertiary/aromatic N) is 5. The first-order valence-electron chi connectivity index (χ1n) is 7.22. The molecule has 1 fully saturated rings. The summed E-state index contributed by atoms with van der Waals surface area (Å²) in [6.07, 6.45) is 3.21. The van der Waals surface area contributed by atoms with E-state index in [1.54, 1.807) is 11.8 Å². The van der Waals surface area contributed by atoms with Crippen LogP contribution in [0.25, 0.3) is 0 Å². The minimum atomic E-state index is -0.0592. The third-order valence-electron chi connectivity index (χ3n) is 4.24. The number of amides is 2. The van der Waals surface area contributed by atoms with Gasteiger partial charge in [-0.15, -0.1) is 10.2 Å².